The van der Waals surface area contributed by atoms with E-state index in [1.54, 1.807) is 13.0 Å². The van der Waals surface area contributed by atoms with Gasteiger partial charge < -0.3 is 10.1 Å². The number of anilines is 1. The predicted octanol–water partition coefficient (Wildman–Crippen LogP) is 3.29. The molecule has 0 heterocycles. The first-order chi connectivity index (χ1) is 12.7. The van der Waals surface area contributed by atoms with Crippen LogP contribution in [0.4, 0.5) is 14.5 Å². The maximum Gasteiger partial charge on any atom is 0.387 e. The van der Waals surface area contributed by atoms with Crippen molar-refractivity contribution in [1.82, 2.24) is 4.72 Å². The Hall–Kier alpha value is -2.52. The molecule has 0 atom stereocenters. The lowest BCUT2D eigenvalue weighted by atomic mass is 10.1. The van der Waals surface area contributed by atoms with Gasteiger partial charge in [-0.25, -0.2) is 13.1 Å². The number of hydrogen-bond donors (Lipinski definition) is 2. The fourth-order valence-corrected chi connectivity index (χ4v) is 3.75. The van der Waals surface area contributed by atoms with Crippen LogP contribution in [-0.4, -0.2) is 27.0 Å². The van der Waals surface area contributed by atoms with Crippen molar-refractivity contribution in [2.24, 2.45) is 0 Å². The van der Waals surface area contributed by atoms with Crippen LogP contribution in [0.25, 0.3) is 0 Å². The lowest BCUT2D eigenvalue weighted by Gasteiger charge is -2.11. The summed E-state index contributed by atoms with van der Waals surface area (Å²) in [4.78, 5) is 12.6. The molecule has 0 spiro atoms. The van der Waals surface area contributed by atoms with Gasteiger partial charge in [0.15, 0.2) is 0 Å². The molecule has 6 nitrogen and oxygen atoms in total. The summed E-state index contributed by atoms with van der Waals surface area (Å²) in [6.07, 6.45) is 1.62. The van der Waals surface area contributed by atoms with Crippen molar-refractivity contribution < 1.29 is 26.7 Å². The van der Waals surface area contributed by atoms with Gasteiger partial charge in [-0.15, -0.1) is 0 Å². The SMILES string of the molecule is Cc1ccc(S(=O)(=O)NC2CC2)cc1C(=O)Nc1ccc(OC(F)F)cc1. The Bertz CT molecular complexity index is 942. The Morgan fingerprint density at radius 2 is 1.81 bits per heavy atom. The fraction of sp³-hybridized carbons (Fsp3) is 0.278. The van der Waals surface area contributed by atoms with Gasteiger partial charge in [-0.3, -0.25) is 4.79 Å². The second-order valence-electron chi connectivity index (χ2n) is 6.23. The summed E-state index contributed by atoms with van der Waals surface area (Å²) in [5.41, 5.74) is 1.18. The first-order valence-electron chi connectivity index (χ1n) is 8.24. The van der Waals surface area contributed by atoms with Crippen LogP contribution in [0.1, 0.15) is 28.8 Å². The minimum absolute atomic E-state index is 0.0193. The molecule has 0 aromatic heterocycles. The van der Waals surface area contributed by atoms with Crippen LogP contribution in [0.15, 0.2) is 47.4 Å². The van der Waals surface area contributed by atoms with Crippen molar-refractivity contribution in [1.29, 1.82) is 0 Å². The number of carbonyl (C=O) groups is 1. The van der Waals surface area contributed by atoms with E-state index in [-0.39, 0.29) is 22.3 Å². The van der Waals surface area contributed by atoms with Crippen molar-refractivity contribution in [3.63, 3.8) is 0 Å². The second-order valence-corrected chi connectivity index (χ2v) is 7.94. The van der Waals surface area contributed by atoms with E-state index in [2.05, 4.69) is 14.8 Å². The average molecular weight is 396 g/mol. The fourth-order valence-electron chi connectivity index (χ4n) is 2.42. The van der Waals surface area contributed by atoms with Gasteiger partial charge in [-0.1, -0.05) is 6.07 Å². The monoisotopic (exact) mass is 396 g/mol. The molecule has 0 bridgehead atoms. The van der Waals surface area contributed by atoms with E-state index in [1.807, 2.05) is 0 Å². The number of halogens is 2. The van der Waals surface area contributed by atoms with E-state index in [9.17, 15) is 22.0 Å². The standard InChI is InChI=1S/C18H18F2N2O4S/c1-11-2-9-15(27(24,25)22-13-3-4-13)10-16(11)17(23)21-12-5-7-14(8-6-12)26-18(19)20/h2,5-10,13,18,22H,3-4H2,1H3,(H,21,23). The summed E-state index contributed by atoms with van der Waals surface area (Å²) in [6, 6.07) is 9.74. The van der Waals surface area contributed by atoms with Gasteiger partial charge in [-0.05, 0) is 61.7 Å². The highest BCUT2D eigenvalue weighted by molar-refractivity contribution is 7.89. The van der Waals surface area contributed by atoms with Gasteiger partial charge in [0.25, 0.3) is 5.91 Å². The third-order valence-electron chi connectivity index (χ3n) is 4.00. The Kier molecular flexibility index (Phi) is 5.43. The third-order valence-corrected chi connectivity index (χ3v) is 5.52. The Morgan fingerprint density at radius 1 is 1.15 bits per heavy atom. The van der Waals surface area contributed by atoms with Crippen molar-refractivity contribution in [2.75, 3.05) is 5.32 Å². The van der Waals surface area contributed by atoms with Crippen LogP contribution in [0.2, 0.25) is 0 Å². The van der Waals surface area contributed by atoms with Crippen molar-refractivity contribution in [2.45, 2.75) is 37.3 Å². The molecule has 1 aliphatic rings. The van der Waals surface area contributed by atoms with E-state index < -0.39 is 22.5 Å². The summed E-state index contributed by atoms with van der Waals surface area (Å²) in [5.74, 6) is -0.531. The van der Waals surface area contributed by atoms with Crippen LogP contribution in [0.3, 0.4) is 0 Å². The maximum atomic E-state index is 12.5. The third kappa shape index (κ3) is 5.01. The number of aryl methyl sites for hydroxylation is 1. The van der Waals surface area contributed by atoms with Crippen LogP contribution in [-0.2, 0) is 10.0 Å². The molecule has 0 unspecified atom stereocenters. The average Bonchev–Trinajstić information content (AvgIpc) is 3.39. The molecule has 3 rings (SSSR count). The van der Waals surface area contributed by atoms with E-state index in [1.165, 1.54) is 36.4 Å². The summed E-state index contributed by atoms with van der Waals surface area (Å²) >= 11 is 0. The molecule has 2 aromatic rings. The number of ether oxygens (including phenoxy) is 1. The quantitative estimate of drug-likeness (QED) is 0.752. The van der Waals surface area contributed by atoms with E-state index in [4.69, 9.17) is 0 Å². The number of nitrogens with one attached hydrogen (secondary N) is 2. The molecule has 0 radical (unpaired) electrons. The first-order valence-corrected chi connectivity index (χ1v) is 9.72. The highest BCUT2D eigenvalue weighted by Crippen LogP contribution is 2.24. The zero-order valence-corrected chi connectivity index (χ0v) is 15.2. The van der Waals surface area contributed by atoms with Crippen LogP contribution >= 0.6 is 0 Å². The lowest BCUT2D eigenvalue weighted by molar-refractivity contribution is -0.0498. The zero-order chi connectivity index (χ0) is 19.6. The van der Waals surface area contributed by atoms with Crippen molar-refractivity contribution in [3.8, 4) is 5.75 Å². The number of alkyl halides is 2. The summed E-state index contributed by atoms with van der Waals surface area (Å²) < 4.78 is 55.8. The largest absolute Gasteiger partial charge is 0.435 e. The highest BCUT2D eigenvalue weighted by Gasteiger charge is 2.28. The normalized spacial score (nSPS) is 14.2. The molecule has 27 heavy (non-hydrogen) atoms. The molecule has 0 aliphatic heterocycles. The zero-order valence-electron chi connectivity index (χ0n) is 14.4. The molecule has 144 valence electrons. The number of amides is 1. The second kappa shape index (κ2) is 7.61. The topological polar surface area (TPSA) is 84.5 Å². The molecule has 1 fully saturated rings. The number of hydrogen-bond acceptors (Lipinski definition) is 4. The summed E-state index contributed by atoms with van der Waals surface area (Å²) in [5, 5.41) is 2.61. The van der Waals surface area contributed by atoms with Gasteiger partial charge in [-0.2, -0.15) is 8.78 Å². The molecule has 1 aliphatic carbocycles. The Balaban J connectivity index is 1.76. The maximum absolute atomic E-state index is 12.5. The number of sulfonamides is 1. The van der Waals surface area contributed by atoms with Crippen molar-refractivity contribution in [3.05, 3.63) is 53.6 Å². The van der Waals surface area contributed by atoms with Crippen LogP contribution in [0, 0.1) is 6.92 Å². The minimum Gasteiger partial charge on any atom is -0.435 e. The molecule has 9 heteroatoms. The summed E-state index contributed by atoms with van der Waals surface area (Å²) in [6.45, 7) is -1.24. The Labute approximate surface area is 155 Å². The first kappa shape index (κ1) is 19.2. The molecular formula is C18H18F2N2O4S. The molecule has 0 saturated heterocycles. The minimum atomic E-state index is -3.68. The molecule has 2 aromatic carbocycles. The molecule has 1 saturated carbocycles. The van der Waals surface area contributed by atoms with Gasteiger partial charge in [0, 0.05) is 17.3 Å². The van der Waals surface area contributed by atoms with E-state index >= 15 is 0 Å². The predicted molar refractivity (Wildman–Crippen MR) is 95.5 cm³/mol. The number of rotatable bonds is 7. The molecule has 1 amide bonds. The number of carbonyl (C=O) groups excluding carboxylic acids is 1. The molecular weight excluding hydrogens is 378 g/mol. The van der Waals surface area contributed by atoms with Crippen LogP contribution < -0.4 is 14.8 Å². The van der Waals surface area contributed by atoms with E-state index in [0.29, 0.717) is 11.3 Å². The molecule has 2 N–H and O–H groups in total. The summed E-state index contributed by atoms with van der Waals surface area (Å²) in [7, 11) is -3.68. The number of benzene rings is 2. The lowest BCUT2D eigenvalue weighted by Crippen LogP contribution is -2.26. The van der Waals surface area contributed by atoms with Gasteiger partial charge in [0.05, 0.1) is 4.90 Å². The highest BCUT2D eigenvalue weighted by atomic mass is 32.2. The smallest absolute Gasteiger partial charge is 0.387 e. The van der Waals surface area contributed by atoms with Gasteiger partial charge >= 0.3 is 6.61 Å². The van der Waals surface area contributed by atoms with Crippen molar-refractivity contribution >= 4 is 21.6 Å². The van der Waals surface area contributed by atoms with Crippen LogP contribution in [0.5, 0.6) is 5.75 Å². The van der Waals surface area contributed by atoms with E-state index in [0.717, 1.165) is 12.8 Å². The Morgan fingerprint density at radius 3 is 2.41 bits per heavy atom. The van der Waals surface area contributed by atoms with Gasteiger partial charge in [0.1, 0.15) is 5.75 Å². The van der Waals surface area contributed by atoms with Gasteiger partial charge in [0.2, 0.25) is 10.0 Å².